The summed E-state index contributed by atoms with van der Waals surface area (Å²) in [6, 6.07) is 10.2. The number of fused-ring (bicyclic) bond motifs is 1. The number of halogens is 1. The Labute approximate surface area is 124 Å². The molecule has 7 heteroatoms. The standard InChI is InChI=1S/C14H11ClN4O2/c15-9-3-1-2-8(4-9)5-10-6-13(20)19-12(17-10)7-11(18-19)14(16)21/h1-4,6-7,18H,5H2,(H2,16,21). The van der Waals surface area contributed by atoms with E-state index < -0.39 is 5.91 Å². The monoisotopic (exact) mass is 302 g/mol. The van der Waals surface area contributed by atoms with Gasteiger partial charge in [-0.1, -0.05) is 23.7 Å². The van der Waals surface area contributed by atoms with Gasteiger partial charge in [-0.15, -0.1) is 0 Å². The van der Waals surface area contributed by atoms with Crippen LogP contribution >= 0.6 is 11.6 Å². The summed E-state index contributed by atoms with van der Waals surface area (Å²) < 4.78 is 1.18. The Bertz CT molecular complexity index is 897. The van der Waals surface area contributed by atoms with Gasteiger partial charge in [-0.25, -0.2) is 9.50 Å². The Hall–Kier alpha value is -2.60. The molecule has 6 nitrogen and oxygen atoms in total. The summed E-state index contributed by atoms with van der Waals surface area (Å²) in [6.45, 7) is 0. The van der Waals surface area contributed by atoms with Gasteiger partial charge in [0.15, 0.2) is 5.65 Å². The van der Waals surface area contributed by atoms with E-state index in [4.69, 9.17) is 17.3 Å². The Morgan fingerprint density at radius 2 is 2.14 bits per heavy atom. The van der Waals surface area contributed by atoms with E-state index in [1.54, 1.807) is 6.07 Å². The summed E-state index contributed by atoms with van der Waals surface area (Å²) in [7, 11) is 0. The number of rotatable bonds is 3. The predicted molar refractivity (Wildman–Crippen MR) is 78.6 cm³/mol. The molecule has 3 aromatic rings. The molecular formula is C14H11ClN4O2. The van der Waals surface area contributed by atoms with Crippen LogP contribution in [0.3, 0.4) is 0 Å². The van der Waals surface area contributed by atoms with Crippen LogP contribution in [0.4, 0.5) is 0 Å². The van der Waals surface area contributed by atoms with Gasteiger partial charge < -0.3 is 5.73 Å². The van der Waals surface area contributed by atoms with Crippen LogP contribution in [-0.2, 0) is 6.42 Å². The number of amides is 1. The zero-order valence-corrected chi connectivity index (χ0v) is 11.6. The minimum absolute atomic E-state index is 0.138. The van der Waals surface area contributed by atoms with Crippen LogP contribution in [0, 0.1) is 0 Å². The molecule has 0 bridgehead atoms. The molecular weight excluding hydrogens is 292 g/mol. The number of aromatic nitrogens is 3. The molecule has 0 aliphatic heterocycles. The van der Waals surface area contributed by atoms with Gasteiger partial charge in [0, 0.05) is 23.6 Å². The van der Waals surface area contributed by atoms with E-state index in [0.717, 1.165) is 5.56 Å². The first-order chi connectivity index (χ1) is 10.0. The van der Waals surface area contributed by atoms with Crippen LogP contribution in [0.25, 0.3) is 5.65 Å². The van der Waals surface area contributed by atoms with Gasteiger partial charge in [0.1, 0.15) is 5.69 Å². The molecule has 0 spiro atoms. The number of H-pyrrole nitrogens is 1. The number of hydrogen-bond donors (Lipinski definition) is 2. The largest absolute Gasteiger partial charge is 0.364 e. The molecule has 0 radical (unpaired) electrons. The number of aromatic amines is 1. The molecule has 0 saturated heterocycles. The number of primary amides is 1. The van der Waals surface area contributed by atoms with E-state index in [1.807, 2.05) is 18.2 Å². The highest BCUT2D eigenvalue weighted by atomic mass is 35.5. The lowest BCUT2D eigenvalue weighted by atomic mass is 10.1. The summed E-state index contributed by atoms with van der Waals surface area (Å²) >= 11 is 5.93. The maximum atomic E-state index is 12.0. The van der Waals surface area contributed by atoms with Gasteiger partial charge in [-0.3, -0.25) is 14.7 Å². The Kier molecular flexibility index (Phi) is 3.23. The van der Waals surface area contributed by atoms with Crippen molar-refractivity contribution in [1.82, 2.24) is 14.6 Å². The number of nitrogens with zero attached hydrogens (tertiary/aromatic N) is 2. The quantitative estimate of drug-likeness (QED) is 0.765. The molecule has 0 fully saturated rings. The third-order valence-electron chi connectivity index (χ3n) is 3.04. The lowest BCUT2D eigenvalue weighted by molar-refractivity contribution is 0.0995. The van der Waals surface area contributed by atoms with Crippen LogP contribution in [0.1, 0.15) is 21.7 Å². The highest BCUT2D eigenvalue weighted by Gasteiger charge is 2.10. The predicted octanol–water partition coefficient (Wildman–Crippen LogP) is 1.37. The van der Waals surface area contributed by atoms with Crippen molar-refractivity contribution < 1.29 is 4.79 Å². The fourth-order valence-corrected chi connectivity index (χ4v) is 2.33. The molecule has 1 amide bonds. The molecule has 2 aromatic heterocycles. The molecule has 0 aliphatic rings. The van der Waals surface area contributed by atoms with Gasteiger partial charge in [-0.05, 0) is 17.7 Å². The van der Waals surface area contributed by atoms with Crippen molar-refractivity contribution in [1.29, 1.82) is 0 Å². The summed E-state index contributed by atoms with van der Waals surface area (Å²) in [6.07, 6.45) is 0.476. The van der Waals surface area contributed by atoms with E-state index in [1.165, 1.54) is 16.6 Å². The fraction of sp³-hybridized carbons (Fsp3) is 0.0714. The van der Waals surface area contributed by atoms with E-state index in [0.29, 0.717) is 22.8 Å². The van der Waals surface area contributed by atoms with Gasteiger partial charge in [0.25, 0.3) is 11.5 Å². The van der Waals surface area contributed by atoms with Crippen molar-refractivity contribution in [3.63, 3.8) is 0 Å². The number of hydrogen-bond acceptors (Lipinski definition) is 3. The number of carbonyl (C=O) groups is 1. The Morgan fingerprint density at radius 3 is 2.86 bits per heavy atom. The van der Waals surface area contributed by atoms with Gasteiger partial charge in [0.05, 0.1) is 5.69 Å². The number of nitrogens with two attached hydrogens (primary N) is 1. The highest BCUT2D eigenvalue weighted by molar-refractivity contribution is 6.30. The first-order valence-electron chi connectivity index (χ1n) is 6.19. The Balaban J connectivity index is 2.04. The van der Waals surface area contributed by atoms with Crippen LogP contribution in [0.15, 0.2) is 41.2 Å². The number of benzene rings is 1. The average Bonchev–Trinajstić information content (AvgIpc) is 2.83. The molecule has 0 aliphatic carbocycles. The summed E-state index contributed by atoms with van der Waals surface area (Å²) in [5.74, 6) is -0.642. The third kappa shape index (κ3) is 2.66. The number of carbonyl (C=O) groups excluding carboxylic acids is 1. The van der Waals surface area contributed by atoms with Gasteiger partial charge >= 0.3 is 0 Å². The molecule has 0 atom stereocenters. The first kappa shape index (κ1) is 13.4. The third-order valence-corrected chi connectivity index (χ3v) is 3.28. The lowest BCUT2D eigenvalue weighted by Gasteiger charge is -2.02. The molecule has 0 saturated carbocycles. The van der Waals surface area contributed by atoms with Crippen molar-refractivity contribution in [2.45, 2.75) is 6.42 Å². The van der Waals surface area contributed by atoms with Crippen molar-refractivity contribution >= 4 is 23.2 Å². The summed E-state index contributed by atoms with van der Waals surface area (Å²) in [5, 5.41) is 3.24. The van der Waals surface area contributed by atoms with E-state index in [2.05, 4.69) is 10.1 Å². The second-order valence-electron chi connectivity index (χ2n) is 4.62. The second kappa shape index (κ2) is 5.06. The minimum atomic E-state index is -0.642. The van der Waals surface area contributed by atoms with Crippen LogP contribution in [0.5, 0.6) is 0 Å². The lowest BCUT2D eigenvalue weighted by Crippen LogP contribution is -2.17. The van der Waals surface area contributed by atoms with E-state index in [9.17, 15) is 9.59 Å². The van der Waals surface area contributed by atoms with Crippen molar-refractivity contribution in [3.8, 4) is 0 Å². The summed E-state index contributed by atoms with van der Waals surface area (Å²) in [4.78, 5) is 27.5. The zero-order chi connectivity index (χ0) is 15.0. The van der Waals surface area contributed by atoms with Crippen molar-refractivity contribution in [2.75, 3.05) is 0 Å². The topological polar surface area (TPSA) is 93.2 Å². The maximum Gasteiger partial charge on any atom is 0.272 e. The molecule has 21 heavy (non-hydrogen) atoms. The Morgan fingerprint density at radius 1 is 1.33 bits per heavy atom. The van der Waals surface area contributed by atoms with E-state index in [-0.39, 0.29) is 11.3 Å². The fourth-order valence-electron chi connectivity index (χ4n) is 2.11. The van der Waals surface area contributed by atoms with Crippen molar-refractivity contribution in [2.24, 2.45) is 5.73 Å². The summed E-state index contributed by atoms with van der Waals surface area (Å²) in [5.41, 5.74) is 6.91. The van der Waals surface area contributed by atoms with Crippen LogP contribution in [0.2, 0.25) is 5.02 Å². The smallest absolute Gasteiger partial charge is 0.272 e. The minimum Gasteiger partial charge on any atom is -0.364 e. The molecule has 1 aromatic carbocycles. The molecule has 0 unspecified atom stereocenters. The molecule has 106 valence electrons. The second-order valence-corrected chi connectivity index (χ2v) is 5.06. The molecule has 3 N–H and O–H groups in total. The van der Waals surface area contributed by atoms with Gasteiger partial charge in [0.2, 0.25) is 0 Å². The molecule has 3 rings (SSSR count). The number of nitrogens with one attached hydrogen (secondary N) is 1. The average molecular weight is 303 g/mol. The normalized spacial score (nSPS) is 10.9. The maximum absolute atomic E-state index is 12.0. The van der Waals surface area contributed by atoms with Crippen LogP contribution < -0.4 is 11.3 Å². The van der Waals surface area contributed by atoms with Crippen molar-refractivity contribution in [3.05, 3.63) is 68.7 Å². The van der Waals surface area contributed by atoms with Gasteiger partial charge in [-0.2, -0.15) is 0 Å². The highest BCUT2D eigenvalue weighted by Crippen LogP contribution is 2.13. The van der Waals surface area contributed by atoms with E-state index >= 15 is 0 Å². The zero-order valence-electron chi connectivity index (χ0n) is 10.8. The molecule has 2 heterocycles. The SMILES string of the molecule is NC(=O)c1cc2nc(Cc3cccc(Cl)c3)cc(=O)n2[nH]1. The first-order valence-corrected chi connectivity index (χ1v) is 6.57. The van der Waals surface area contributed by atoms with Crippen LogP contribution in [-0.4, -0.2) is 20.5 Å².